The number of aromatic nitrogens is 3. The van der Waals surface area contributed by atoms with Gasteiger partial charge in [-0.05, 0) is 35.9 Å². The zero-order valence-corrected chi connectivity index (χ0v) is 15.0. The number of nitrogens with zero attached hydrogens (tertiary/aromatic N) is 3. The fraction of sp³-hybridized carbons (Fsp3) is 0.0455. The van der Waals surface area contributed by atoms with E-state index >= 15 is 0 Å². The molecule has 0 aliphatic heterocycles. The number of benzene rings is 2. The lowest BCUT2D eigenvalue weighted by atomic mass is 10.1. The second-order valence-corrected chi connectivity index (χ2v) is 6.17. The van der Waals surface area contributed by atoms with E-state index in [0.29, 0.717) is 24.0 Å². The molecule has 2 aromatic heterocycles. The van der Waals surface area contributed by atoms with E-state index < -0.39 is 0 Å². The number of hydrogen-bond acceptors (Lipinski definition) is 5. The summed E-state index contributed by atoms with van der Waals surface area (Å²) in [6, 6.07) is 21.8. The molecule has 2 aromatic carbocycles. The number of anilines is 3. The van der Waals surface area contributed by atoms with Crippen LogP contribution in [0, 0.1) is 5.82 Å². The maximum atomic E-state index is 13.5. The number of rotatable bonds is 6. The van der Waals surface area contributed by atoms with Gasteiger partial charge in [0.2, 0.25) is 5.95 Å². The summed E-state index contributed by atoms with van der Waals surface area (Å²) in [4.78, 5) is 13.2. The molecule has 5 nitrogen and oxygen atoms in total. The summed E-state index contributed by atoms with van der Waals surface area (Å²) in [5.41, 5.74) is 3.44. The largest absolute Gasteiger partial charge is 0.350 e. The van der Waals surface area contributed by atoms with Crippen LogP contribution in [0.1, 0.15) is 5.56 Å². The lowest BCUT2D eigenvalue weighted by molar-refractivity contribution is 0.628. The summed E-state index contributed by atoms with van der Waals surface area (Å²) in [5.74, 6) is 0.757. The Hall–Kier alpha value is -3.80. The van der Waals surface area contributed by atoms with Gasteiger partial charge in [-0.2, -0.15) is 4.98 Å². The summed E-state index contributed by atoms with van der Waals surface area (Å²) in [6.45, 7) is 0.570. The summed E-state index contributed by atoms with van der Waals surface area (Å²) in [7, 11) is 0. The molecule has 0 aliphatic carbocycles. The van der Waals surface area contributed by atoms with Gasteiger partial charge in [0.1, 0.15) is 11.6 Å². The molecular formula is C22H18FN5. The molecule has 0 radical (unpaired) electrons. The van der Waals surface area contributed by atoms with Crippen LogP contribution < -0.4 is 10.6 Å². The Kier molecular flexibility index (Phi) is 5.20. The maximum Gasteiger partial charge on any atom is 0.225 e. The molecule has 0 bridgehead atoms. The van der Waals surface area contributed by atoms with Crippen molar-refractivity contribution < 1.29 is 4.39 Å². The van der Waals surface area contributed by atoms with Gasteiger partial charge in [0.25, 0.3) is 0 Å². The van der Waals surface area contributed by atoms with E-state index in [1.165, 1.54) is 12.1 Å². The summed E-state index contributed by atoms with van der Waals surface area (Å²) in [5, 5.41) is 6.40. The minimum Gasteiger partial charge on any atom is -0.350 e. The lowest BCUT2D eigenvalue weighted by Gasteiger charge is -2.12. The van der Waals surface area contributed by atoms with Crippen molar-refractivity contribution in [2.75, 3.05) is 10.6 Å². The lowest BCUT2D eigenvalue weighted by Crippen LogP contribution is -2.06. The summed E-state index contributed by atoms with van der Waals surface area (Å²) < 4.78 is 13.5. The molecule has 0 amide bonds. The molecule has 0 atom stereocenters. The predicted octanol–water partition coefficient (Wildman–Crippen LogP) is 5.03. The number of hydrogen-bond donors (Lipinski definition) is 2. The molecule has 2 heterocycles. The van der Waals surface area contributed by atoms with E-state index in [2.05, 4.69) is 25.6 Å². The third kappa shape index (κ3) is 4.48. The van der Waals surface area contributed by atoms with Crippen LogP contribution in [0.4, 0.5) is 21.8 Å². The van der Waals surface area contributed by atoms with Crippen molar-refractivity contribution in [2.45, 2.75) is 6.54 Å². The van der Waals surface area contributed by atoms with Gasteiger partial charge in [0.05, 0.1) is 5.69 Å². The van der Waals surface area contributed by atoms with Gasteiger partial charge in [0.15, 0.2) is 0 Å². The summed E-state index contributed by atoms with van der Waals surface area (Å²) in [6.07, 6.45) is 3.49. The van der Waals surface area contributed by atoms with E-state index in [4.69, 9.17) is 0 Å². The van der Waals surface area contributed by atoms with E-state index in [-0.39, 0.29) is 5.82 Å². The minimum atomic E-state index is -0.307. The van der Waals surface area contributed by atoms with E-state index in [1.54, 1.807) is 24.5 Å². The standard InChI is InChI=1S/C22H18FN5/c23-18-7-4-8-19(13-18)26-21-14-20(17-5-2-1-3-6-17)27-22(28-21)25-15-16-9-11-24-12-10-16/h1-14H,15H2,(H2,25,26,27,28). The average Bonchev–Trinajstić information content (AvgIpc) is 2.74. The first-order chi connectivity index (χ1) is 13.8. The van der Waals surface area contributed by atoms with E-state index in [0.717, 1.165) is 16.8 Å². The quantitative estimate of drug-likeness (QED) is 0.497. The molecule has 0 unspecified atom stereocenters. The third-order valence-corrected chi connectivity index (χ3v) is 4.09. The molecule has 0 saturated carbocycles. The van der Waals surface area contributed by atoms with Crippen molar-refractivity contribution in [2.24, 2.45) is 0 Å². The first-order valence-corrected chi connectivity index (χ1v) is 8.86. The average molecular weight is 371 g/mol. The minimum absolute atomic E-state index is 0.307. The number of pyridine rings is 1. The zero-order chi connectivity index (χ0) is 19.2. The molecule has 4 aromatic rings. The Labute approximate surface area is 162 Å². The third-order valence-electron chi connectivity index (χ3n) is 4.09. The first kappa shape index (κ1) is 17.6. The first-order valence-electron chi connectivity index (χ1n) is 8.86. The predicted molar refractivity (Wildman–Crippen MR) is 109 cm³/mol. The van der Waals surface area contributed by atoms with Crippen molar-refractivity contribution in [1.29, 1.82) is 0 Å². The number of halogens is 1. The van der Waals surface area contributed by atoms with Gasteiger partial charge in [0, 0.05) is 36.3 Å². The normalized spacial score (nSPS) is 10.5. The highest BCUT2D eigenvalue weighted by Crippen LogP contribution is 2.24. The van der Waals surface area contributed by atoms with Crippen LogP contribution in [0.3, 0.4) is 0 Å². The maximum absolute atomic E-state index is 13.5. The van der Waals surface area contributed by atoms with E-state index in [1.807, 2.05) is 48.5 Å². The fourth-order valence-electron chi connectivity index (χ4n) is 2.74. The van der Waals surface area contributed by atoms with Crippen LogP contribution in [0.5, 0.6) is 0 Å². The van der Waals surface area contributed by atoms with Gasteiger partial charge in [-0.15, -0.1) is 0 Å². The monoisotopic (exact) mass is 371 g/mol. The zero-order valence-electron chi connectivity index (χ0n) is 15.0. The van der Waals surface area contributed by atoms with Crippen LogP contribution in [0.15, 0.2) is 85.2 Å². The van der Waals surface area contributed by atoms with Crippen LogP contribution in [-0.4, -0.2) is 15.0 Å². The Balaban J connectivity index is 1.64. The van der Waals surface area contributed by atoms with Crippen LogP contribution in [0.2, 0.25) is 0 Å². The summed E-state index contributed by atoms with van der Waals surface area (Å²) >= 11 is 0. The van der Waals surface area contributed by atoms with Gasteiger partial charge in [-0.3, -0.25) is 4.98 Å². The van der Waals surface area contributed by atoms with Crippen LogP contribution in [-0.2, 0) is 6.54 Å². The Morgan fingerprint density at radius 2 is 1.64 bits per heavy atom. The highest BCUT2D eigenvalue weighted by molar-refractivity contribution is 5.67. The molecule has 0 spiro atoms. The van der Waals surface area contributed by atoms with Gasteiger partial charge >= 0.3 is 0 Å². The smallest absolute Gasteiger partial charge is 0.225 e. The van der Waals surface area contributed by atoms with Gasteiger partial charge in [-0.25, -0.2) is 9.37 Å². The van der Waals surface area contributed by atoms with Crippen molar-refractivity contribution in [3.63, 3.8) is 0 Å². The molecule has 6 heteroatoms. The second kappa shape index (κ2) is 8.26. The Morgan fingerprint density at radius 1 is 0.821 bits per heavy atom. The van der Waals surface area contributed by atoms with Crippen molar-refractivity contribution >= 4 is 17.5 Å². The van der Waals surface area contributed by atoms with Crippen molar-refractivity contribution in [3.8, 4) is 11.3 Å². The molecular weight excluding hydrogens is 353 g/mol. The molecule has 0 aliphatic rings. The van der Waals surface area contributed by atoms with Crippen molar-refractivity contribution in [1.82, 2.24) is 15.0 Å². The molecule has 0 fully saturated rings. The molecule has 138 valence electrons. The molecule has 4 rings (SSSR count). The van der Waals surface area contributed by atoms with Crippen molar-refractivity contribution in [3.05, 3.63) is 96.6 Å². The van der Waals surface area contributed by atoms with Gasteiger partial charge in [-0.1, -0.05) is 36.4 Å². The second-order valence-electron chi connectivity index (χ2n) is 6.17. The molecule has 2 N–H and O–H groups in total. The van der Waals surface area contributed by atoms with Gasteiger partial charge < -0.3 is 10.6 Å². The number of nitrogens with one attached hydrogen (secondary N) is 2. The topological polar surface area (TPSA) is 62.7 Å². The molecule has 28 heavy (non-hydrogen) atoms. The van der Waals surface area contributed by atoms with Crippen LogP contribution in [0.25, 0.3) is 11.3 Å². The Morgan fingerprint density at radius 3 is 2.43 bits per heavy atom. The highest BCUT2D eigenvalue weighted by atomic mass is 19.1. The SMILES string of the molecule is Fc1cccc(Nc2cc(-c3ccccc3)nc(NCc3ccncc3)n2)c1. The highest BCUT2D eigenvalue weighted by Gasteiger charge is 2.08. The van der Waals surface area contributed by atoms with Crippen LogP contribution >= 0.6 is 0 Å². The van der Waals surface area contributed by atoms with E-state index in [9.17, 15) is 4.39 Å². The molecule has 0 saturated heterocycles. The Bertz CT molecular complexity index is 1050. The fourth-order valence-corrected chi connectivity index (χ4v) is 2.74.